The topological polar surface area (TPSA) is 55.6 Å². The van der Waals surface area contributed by atoms with Crippen LogP contribution in [0.3, 0.4) is 0 Å². The van der Waals surface area contributed by atoms with Crippen LogP contribution in [0.2, 0.25) is 0 Å². The van der Waals surface area contributed by atoms with Crippen molar-refractivity contribution in [1.29, 1.82) is 0 Å². The molecule has 0 radical (unpaired) electrons. The van der Waals surface area contributed by atoms with Gasteiger partial charge < -0.3 is 15.4 Å². The molecule has 0 atom stereocenters. The summed E-state index contributed by atoms with van der Waals surface area (Å²) in [5, 5.41) is 0. The number of carbonyl (C=O) groups excluding carboxylic acids is 1. The number of rotatable bonds is 3. The first-order valence-corrected chi connectivity index (χ1v) is 5.49. The van der Waals surface area contributed by atoms with Gasteiger partial charge in [0.05, 0.1) is 7.11 Å². The Balaban J connectivity index is 2.20. The number of nitrogens with two attached hydrogens (primary N) is 1. The molecule has 1 amide bonds. The molecule has 4 nitrogen and oxygen atoms in total. The lowest BCUT2D eigenvalue weighted by atomic mass is 9.99. The first kappa shape index (κ1) is 11.9. The highest BCUT2D eigenvalue weighted by Gasteiger charge is 2.32. The molecule has 2 rings (SSSR count). The van der Waals surface area contributed by atoms with Crippen LogP contribution in [-0.2, 0) is 0 Å². The van der Waals surface area contributed by atoms with Gasteiger partial charge >= 0.3 is 0 Å². The van der Waals surface area contributed by atoms with Gasteiger partial charge in [-0.15, -0.1) is 0 Å². The van der Waals surface area contributed by atoms with Gasteiger partial charge in [-0.2, -0.15) is 0 Å². The summed E-state index contributed by atoms with van der Waals surface area (Å²) in [6.07, 6.45) is 0. The number of nitrogens with zero attached hydrogens (tertiary/aromatic N) is 1. The van der Waals surface area contributed by atoms with Crippen molar-refractivity contribution in [1.82, 2.24) is 4.90 Å². The molecule has 0 unspecified atom stereocenters. The van der Waals surface area contributed by atoms with E-state index in [0.29, 0.717) is 25.6 Å². The van der Waals surface area contributed by atoms with Gasteiger partial charge in [0.25, 0.3) is 5.91 Å². The minimum absolute atomic E-state index is 0.00507. The molecular weight excluding hydrogens is 223 g/mol. The Morgan fingerprint density at radius 2 is 2.29 bits per heavy atom. The number of hydrogen-bond acceptors (Lipinski definition) is 3. The third-order valence-electron chi connectivity index (χ3n) is 2.99. The number of amides is 1. The van der Waals surface area contributed by atoms with Crippen molar-refractivity contribution in [2.75, 3.05) is 26.7 Å². The maximum atomic E-state index is 13.6. The first-order valence-electron chi connectivity index (χ1n) is 5.49. The average Bonchev–Trinajstić information content (AvgIpc) is 2.26. The number of methoxy groups -OCH3 is 1. The zero-order valence-electron chi connectivity index (χ0n) is 9.65. The Bertz CT molecular complexity index is 431. The Morgan fingerprint density at radius 1 is 1.59 bits per heavy atom. The number of ether oxygens (including phenoxy) is 1. The number of carbonyl (C=O) groups is 1. The van der Waals surface area contributed by atoms with Crippen molar-refractivity contribution in [3.05, 3.63) is 29.6 Å². The molecule has 1 aliphatic heterocycles. The fourth-order valence-corrected chi connectivity index (χ4v) is 1.92. The minimum Gasteiger partial charge on any atom is -0.496 e. The number of hydrogen-bond donors (Lipinski definition) is 1. The molecule has 1 aromatic rings. The lowest BCUT2D eigenvalue weighted by molar-refractivity contribution is 0.0507. The molecule has 0 spiro atoms. The maximum absolute atomic E-state index is 13.6. The van der Waals surface area contributed by atoms with E-state index in [2.05, 4.69) is 0 Å². The van der Waals surface area contributed by atoms with E-state index in [9.17, 15) is 9.18 Å². The minimum atomic E-state index is -0.550. The molecule has 0 aromatic heterocycles. The number of likely N-dealkylation sites (tertiary alicyclic amines) is 1. The van der Waals surface area contributed by atoms with Crippen molar-refractivity contribution >= 4 is 5.91 Å². The highest BCUT2D eigenvalue weighted by Crippen LogP contribution is 2.26. The van der Waals surface area contributed by atoms with Crippen LogP contribution < -0.4 is 10.5 Å². The summed E-state index contributed by atoms with van der Waals surface area (Å²) in [5.41, 5.74) is 5.49. The van der Waals surface area contributed by atoms with Gasteiger partial charge in [-0.25, -0.2) is 4.39 Å². The summed E-state index contributed by atoms with van der Waals surface area (Å²) in [6.45, 7) is 1.73. The Morgan fingerprint density at radius 3 is 2.88 bits per heavy atom. The average molecular weight is 238 g/mol. The van der Waals surface area contributed by atoms with Gasteiger partial charge in [0.1, 0.15) is 17.1 Å². The third-order valence-corrected chi connectivity index (χ3v) is 2.99. The SMILES string of the molecule is COc1cccc(F)c1C(=O)N1CC(CN)C1. The quantitative estimate of drug-likeness (QED) is 0.850. The van der Waals surface area contributed by atoms with Gasteiger partial charge in [0.15, 0.2) is 0 Å². The second-order valence-electron chi connectivity index (χ2n) is 4.13. The van der Waals surface area contributed by atoms with Gasteiger partial charge in [-0.05, 0) is 18.7 Å². The molecular formula is C12H15FN2O2. The summed E-state index contributed by atoms with van der Waals surface area (Å²) in [7, 11) is 1.42. The monoisotopic (exact) mass is 238 g/mol. The van der Waals surface area contributed by atoms with E-state index in [1.54, 1.807) is 11.0 Å². The molecule has 1 saturated heterocycles. The standard InChI is InChI=1S/C12H15FN2O2/c1-17-10-4-2-3-9(13)11(10)12(16)15-6-8(5-14)7-15/h2-4,8H,5-7,14H2,1H3. The predicted molar refractivity (Wildman–Crippen MR) is 61.4 cm³/mol. The van der Waals surface area contributed by atoms with E-state index >= 15 is 0 Å². The van der Waals surface area contributed by atoms with Crippen molar-refractivity contribution in [2.45, 2.75) is 0 Å². The molecule has 0 bridgehead atoms. The van der Waals surface area contributed by atoms with Crippen molar-refractivity contribution < 1.29 is 13.9 Å². The van der Waals surface area contributed by atoms with Crippen LogP contribution in [0.15, 0.2) is 18.2 Å². The smallest absolute Gasteiger partial charge is 0.260 e. The van der Waals surface area contributed by atoms with Crippen LogP contribution in [0.1, 0.15) is 10.4 Å². The largest absolute Gasteiger partial charge is 0.496 e. The molecule has 17 heavy (non-hydrogen) atoms. The van der Waals surface area contributed by atoms with Crippen molar-refractivity contribution in [2.24, 2.45) is 11.7 Å². The summed E-state index contributed by atoms with van der Waals surface area (Å²) in [5.74, 6) is -0.280. The number of halogens is 1. The van der Waals surface area contributed by atoms with Gasteiger partial charge in [-0.1, -0.05) is 6.07 Å². The summed E-state index contributed by atoms with van der Waals surface area (Å²) in [6, 6.07) is 4.36. The van der Waals surface area contributed by atoms with Gasteiger partial charge in [-0.3, -0.25) is 4.79 Å². The van der Waals surface area contributed by atoms with Crippen LogP contribution in [0.25, 0.3) is 0 Å². The zero-order chi connectivity index (χ0) is 12.4. The van der Waals surface area contributed by atoms with Crippen LogP contribution >= 0.6 is 0 Å². The number of benzene rings is 1. The van der Waals surface area contributed by atoms with Gasteiger partial charge in [0.2, 0.25) is 0 Å². The van der Waals surface area contributed by atoms with E-state index in [1.807, 2.05) is 0 Å². The van der Waals surface area contributed by atoms with E-state index in [0.717, 1.165) is 0 Å². The summed E-state index contributed by atoms with van der Waals surface area (Å²) in [4.78, 5) is 13.6. The molecule has 1 aliphatic rings. The molecule has 5 heteroatoms. The van der Waals surface area contributed by atoms with Crippen LogP contribution in [0.5, 0.6) is 5.75 Å². The lowest BCUT2D eigenvalue weighted by Gasteiger charge is -2.38. The van der Waals surface area contributed by atoms with Crippen LogP contribution in [-0.4, -0.2) is 37.6 Å². The third kappa shape index (κ3) is 2.10. The molecule has 2 N–H and O–H groups in total. The van der Waals surface area contributed by atoms with Crippen molar-refractivity contribution in [3.8, 4) is 5.75 Å². The molecule has 92 valence electrons. The van der Waals surface area contributed by atoms with Crippen LogP contribution in [0.4, 0.5) is 4.39 Å². The molecule has 0 aliphatic carbocycles. The van der Waals surface area contributed by atoms with Crippen LogP contribution in [0, 0.1) is 11.7 Å². The van der Waals surface area contributed by atoms with E-state index < -0.39 is 5.82 Å². The Hall–Kier alpha value is -1.62. The van der Waals surface area contributed by atoms with Crippen molar-refractivity contribution in [3.63, 3.8) is 0 Å². The fraction of sp³-hybridized carbons (Fsp3) is 0.417. The second kappa shape index (κ2) is 4.71. The first-order chi connectivity index (χ1) is 8.17. The van der Waals surface area contributed by atoms with E-state index in [1.165, 1.54) is 19.2 Å². The summed E-state index contributed by atoms with van der Waals surface area (Å²) < 4.78 is 18.6. The predicted octanol–water partition coefficient (Wildman–Crippen LogP) is 0.865. The normalized spacial score (nSPS) is 15.6. The zero-order valence-corrected chi connectivity index (χ0v) is 9.65. The summed E-state index contributed by atoms with van der Waals surface area (Å²) >= 11 is 0. The molecule has 1 heterocycles. The maximum Gasteiger partial charge on any atom is 0.260 e. The molecule has 1 aromatic carbocycles. The molecule has 0 saturated carbocycles. The fourth-order valence-electron chi connectivity index (χ4n) is 1.92. The highest BCUT2D eigenvalue weighted by atomic mass is 19.1. The Kier molecular flexibility index (Phi) is 3.28. The second-order valence-corrected chi connectivity index (χ2v) is 4.13. The van der Waals surface area contributed by atoms with E-state index in [-0.39, 0.29) is 17.2 Å². The molecule has 1 fully saturated rings. The Labute approximate surface area is 99.2 Å². The highest BCUT2D eigenvalue weighted by molar-refractivity contribution is 5.97. The van der Waals surface area contributed by atoms with E-state index in [4.69, 9.17) is 10.5 Å². The lowest BCUT2D eigenvalue weighted by Crippen LogP contribution is -2.52. The van der Waals surface area contributed by atoms with Gasteiger partial charge in [0, 0.05) is 19.0 Å².